The molecule has 1 amide bonds. The summed E-state index contributed by atoms with van der Waals surface area (Å²) in [5.74, 6) is 1.26. The predicted octanol–water partition coefficient (Wildman–Crippen LogP) is 3.77. The Bertz CT molecular complexity index is 597. The van der Waals surface area contributed by atoms with Crippen molar-refractivity contribution < 1.29 is 9.21 Å². The van der Waals surface area contributed by atoms with E-state index in [9.17, 15) is 4.79 Å². The van der Waals surface area contributed by atoms with Crippen LogP contribution in [0.4, 0.5) is 5.69 Å². The molecule has 3 heteroatoms. The monoisotopic (exact) mass is 243 g/mol. The summed E-state index contributed by atoms with van der Waals surface area (Å²) in [4.78, 5) is 12.1. The van der Waals surface area contributed by atoms with Gasteiger partial charge >= 0.3 is 0 Å². The second-order valence-corrected chi connectivity index (χ2v) is 4.58. The molecule has 0 saturated heterocycles. The lowest BCUT2D eigenvalue weighted by Gasteiger charge is -2.07. The normalized spacial score (nSPS) is 10.4. The van der Waals surface area contributed by atoms with E-state index in [1.165, 1.54) is 5.56 Å². The molecule has 0 saturated carbocycles. The molecular weight excluding hydrogens is 226 g/mol. The van der Waals surface area contributed by atoms with Crippen LogP contribution in [0.15, 0.2) is 28.7 Å². The van der Waals surface area contributed by atoms with Gasteiger partial charge in [0, 0.05) is 5.69 Å². The van der Waals surface area contributed by atoms with Crippen LogP contribution >= 0.6 is 0 Å². The van der Waals surface area contributed by atoms with Gasteiger partial charge in [-0.3, -0.25) is 4.79 Å². The number of carbonyl (C=O) groups excluding carboxylic acids is 1. The van der Waals surface area contributed by atoms with E-state index in [0.717, 1.165) is 17.0 Å². The number of furan rings is 1. The molecular formula is C15H17NO2. The van der Waals surface area contributed by atoms with Gasteiger partial charge in [-0.05, 0) is 57.0 Å². The van der Waals surface area contributed by atoms with Gasteiger partial charge in [0.1, 0.15) is 11.5 Å². The molecule has 0 aliphatic rings. The molecule has 0 fully saturated rings. The summed E-state index contributed by atoms with van der Waals surface area (Å²) < 4.78 is 5.36. The number of anilines is 1. The molecule has 0 unspecified atom stereocenters. The summed E-state index contributed by atoms with van der Waals surface area (Å²) in [6, 6.07) is 7.63. The lowest BCUT2D eigenvalue weighted by Crippen LogP contribution is -2.12. The first-order valence-corrected chi connectivity index (χ1v) is 5.93. The van der Waals surface area contributed by atoms with E-state index in [1.54, 1.807) is 13.0 Å². The summed E-state index contributed by atoms with van der Waals surface area (Å²) in [5, 5.41) is 2.88. The summed E-state index contributed by atoms with van der Waals surface area (Å²) in [6.45, 7) is 7.70. The van der Waals surface area contributed by atoms with Gasteiger partial charge in [-0.15, -0.1) is 0 Å². The number of benzene rings is 1. The van der Waals surface area contributed by atoms with E-state index in [0.29, 0.717) is 11.3 Å². The third kappa shape index (κ3) is 2.45. The Hall–Kier alpha value is -2.03. The van der Waals surface area contributed by atoms with Crippen LogP contribution in [0.3, 0.4) is 0 Å². The summed E-state index contributed by atoms with van der Waals surface area (Å²) >= 11 is 0. The number of carbonyl (C=O) groups is 1. The van der Waals surface area contributed by atoms with Gasteiger partial charge in [0.2, 0.25) is 0 Å². The van der Waals surface area contributed by atoms with Crippen LogP contribution in [0.25, 0.3) is 0 Å². The lowest BCUT2D eigenvalue weighted by atomic mass is 10.1. The quantitative estimate of drug-likeness (QED) is 0.872. The zero-order chi connectivity index (χ0) is 13.3. The van der Waals surface area contributed by atoms with Crippen LogP contribution in [0.5, 0.6) is 0 Å². The number of rotatable bonds is 2. The van der Waals surface area contributed by atoms with Crippen molar-refractivity contribution >= 4 is 11.6 Å². The van der Waals surface area contributed by atoms with Crippen LogP contribution in [-0.2, 0) is 0 Å². The van der Waals surface area contributed by atoms with E-state index >= 15 is 0 Å². The van der Waals surface area contributed by atoms with Crippen molar-refractivity contribution in [2.24, 2.45) is 0 Å². The number of hydrogen-bond donors (Lipinski definition) is 1. The van der Waals surface area contributed by atoms with Gasteiger partial charge < -0.3 is 9.73 Å². The molecule has 0 bridgehead atoms. The zero-order valence-electron chi connectivity index (χ0n) is 11.1. The number of nitrogens with one attached hydrogen (secondary N) is 1. The van der Waals surface area contributed by atoms with Crippen LogP contribution in [0, 0.1) is 27.7 Å². The first-order valence-electron chi connectivity index (χ1n) is 5.93. The smallest absolute Gasteiger partial charge is 0.259 e. The Morgan fingerprint density at radius 2 is 1.78 bits per heavy atom. The summed E-state index contributed by atoms with van der Waals surface area (Å²) in [6.07, 6.45) is 0. The van der Waals surface area contributed by atoms with Crippen molar-refractivity contribution in [1.82, 2.24) is 0 Å². The highest BCUT2D eigenvalue weighted by atomic mass is 16.3. The van der Waals surface area contributed by atoms with Crippen molar-refractivity contribution in [3.05, 3.63) is 52.5 Å². The first-order chi connectivity index (χ1) is 8.47. The highest BCUT2D eigenvalue weighted by Crippen LogP contribution is 2.18. The zero-order valence-corrected chi connectivity index (χ0v) is 11.1. The molecule has 1 N–H and O–H groups in total. The van der Waals surface area contributed by atoms with Crippen molar-refractivity contribution in [3.63, 3.8) is 0 Å². The fraction of sp³-hybridized carbons (Fsp3) is 0.267. The molecule has 2 aromatic rings. The largest absolute Gasteiger partial charge is 0.466 e. The van der Waals surface area contributed by atoms with E-state index < -0.39 is 0 Å². The van der Waals surface area contributed by atoms with Gasteiger partial charge in [0.15, 0.2) is 0 Å². The number of amides is 1. The Balaban J connectivity index is 2.21. The van der Waals surface area contributed by atoms with Crippen molar-refractivity contribution in [2.75, 3.05) is 5.32 Å². The van der Waals surface area contributed by atoms with E-state index in [-0.39, 0.29) is 5.91 Å². The lowest BCUT2D eigenvalue weighted by molar-refractivity contribution is 0.102. The van der Waals surface area contributed by atoms with E-state index in [4.69, 9.17) is 4.42 Å². The van der Waals surface area contributed by atoms with Gasteiger partial charge in [-0.25, -0.2) is 0 Å². The molecule has 1 heterocycles. The van der Waals surface area contributed by atoms with Crippen LogP contribution < -0.4 is 5.32 Å². The molecule has 2 rings (SSSR count). The molecule has 0 aliphatic carbocycles. The topological polar surface area (TPSA) is 42.2 Å². The van der Waals surface area contributed by atoms with Crippen molar-refractivity contribution in [2.45, 2.75) is 27.7 Å². The maximum atomic E-state index is 12.1. The van der Waals surface area contributed by atoms with Crippen molar-refractivity contribution in [1.29, 1.82) is 0 Å². The highest BCUT2D eigenvalue weighted by molar-refractivity contribution is 6.05. The molecule has 0 atom stereocenters. The minimum atomic E-state index is -0.132. The predicted molar refractivity (Wildman–Crippen MR) is 72.1 cm³/mol. The SMILES string of the molecule is Cc1cc(C(=O)Nc2ccc(C)c(C)c2)c(C)o1. The Kier molecular flexibility index (Phi) is 3.24. The third-order valence-corrected chi connectivity index (χ3v) is 3.05. The van der Waals surface area contributed by atoms with Crippen molar-refractivity contribution in [3.8, 4) is 0 Å². The average molecular weight is 243 g/mol. The number of hydrogen-bond acceptors (Lipinski definition) is 2. The van der Waals surface area contributed by atoms with E-state index in [1.807, 2.05) is 39.0 Å². The molecule has 1 aromatic heterocycles. The van der Waals surface area contributed by atoms with E-state index in [2.05, 4.69) is 5.32 Å². The Morgan fingerprint density at radius 3 is 2.33 bits per heavy atom. The van der Waals surface area contributed by atoms with Gasteiger partial charge in [-0.1, -0.05) is 6.07 Å². The standard InChI is InChI=1S/C15H17NO2/c1-9-5-6-13(7-10(9)2)16-15(17)14-8-11(3)18-12(14)4/h5-8H,1-4H3,(H,16,17). The van der Waals surface area contributed by atoms with Gasteiger partial charge in [0.05, 0.1) is 5.56 Å². The van der Waals surface area contributed by atoms with Crippen LogP contribution in [-0.4, -0.2) is 5.91 Å². The third-order valence-electron chi connectivity index (χ3n) is 3.05. The fourth-order valence-corrected chi connectivity index (χ4v) is 1.87. The molecule has 3 nitrogen and oxygen atoms in total. The first kappa shape index (κ1) is 12.4. The Morgan fingerprint density at radius 1 is 1.06 bits per heavy atom. The molecule has 18 heavy (non-hydrogen) atoms. The fourth-order valence-electron chi connectivity index (χ4n) is 1.87. The summed E-state index contributed by atoms with van der Waals surface area (Å²) in [5.41, 5.74) is 3.77. The molecule has 0 spiro atoms. The summed E-state index contributed by atoms with van der Waals surface area (Å²) in [7, 11) is 0. The minimum absolute atomic E-state index is 0.132. The maximum Gasteiger partial charge on any atom is 0.259 e. The second-order valence-electron chi connectivity index (χ2n) is 4.58. The maximum absolute atomic E-state index is 12.1. The average Bonchev–Trinajstić information content (AvgIpc) is 2.63. The van der Waals surface area contributed by atoms with Crippen LogP contribution in [0.2, 0.25) is 0 Å². The van der Waals surface area contributed by atoms with Gasteiger partial charge in [0.25, 0.3) is 5.91 Å². The molecule has 94 valence electrons. The highest BCUT2D eigenvalue weighted by Gasteiger charge is 2.13. The molecule has 0 aliphatic heterocycles. The Labute approximate surface area is 107 Å². The minimum Gasteiger partial charge on any atom is -0.466 e. The molecule has 1 aromatic carbocycles. The van der Waals surface area contributed by atoms with Crippen LogP contribution in [0.1, 0.15) is 33.0 Å². The number of aryl methyl sites for hydroxylation is 4. The molecule has 0 radical (unpaired) electrons. The second kappa shape index (κ2) is 4.69. The van der Waals surface area contributed by atoms with Gasteiger partial charge in [-0.2, -0.15) is 0 Å².